The number of ether oxygens (including phenoxy) is 1. The lowest BCUT2D eigenvalue weighted by Gasteiger charge is -2.31. The molecule has 190 valence electrons. The Morgan fingerprint density at radius 2 is 1.67 bits per heavy atom. The molecule has 3 rings (SSSR count). The van der Waals surface area contributed by atoms with Gasteiger partial charge in [0.05, 0.1) is 17.7 Å². The molecule has 0 aliphatic rings. The third kappa shape index (κ3) is 6.35. The first-order valence-electron chi connectivity index (χ1n) is 11.1. The van der Waals surface area contributed by atoms with E-state index in [-0.39, 0.29) is 17.3 Å². The second-order valence-corrected chi connectivity index (χ2v) is 10.3. The van der Waals surface area contributed by atoms with Crippen LogP contribution >= 0.6 is 11.6 Å². The highest BCUT2D eigenvalue weighted by Crippen LogP contribution is 2.26. The summed E-state index contributed by atoms with van der Waals surface area (Å²) < 4.78 is 33.5. The van der Waals surface area contributed by atoms with E-state index >= 15 is 0 Å². The summed E-state index contributed by atoms with van der Waals surface area (Å²) in [6.45, 7) is 1.14. The number of nitrogens with zero attached hydrogens (tertiary/aromatic N) is 2. The average Bonchev–Trinajstić information content (AvgIpc) is 2.89. The van der Waals surface area contributed by atoms with Gasteiger partial charge in [-0.2, -0.15) is 0 Å². The number of likely N-dealkylation sites (N-methyl/N-ethyl adjacent to an activating group) is 1. The molecule has 0 aliphatic carbocycles. The molecule has 0 aliphatic heterocycles. The largest absolute Gasteiger partial charge is 0.497 e. The lowest BCUT2D eigenvalue weighted by atomic mass is 10.1. The monoisotopic (exact) mass is 529 g/mol. The SMILES string of the molecule is CNC(=O)[C@H](C)N(Cc1cccc(Cl)c1)C(=O)CN(c1ccccc1)S(=O)(=O)c1ccc(OC)cc1. The lowest BCUT2D eigenvalue weighted by molar-refractivity contribution is -0.139. The Labute approximate surface area is 216 Å². The average molecular weight is 530 g/mol. The van der Waals surface area contributed by atoms with Crippen LogP contribution in [0.3, 0.4) is 0 Å². The first-order chi connectivity index (χ1) is 17.2. The Morgan fingerprint density at radius 1 is 1.00 bits per heavy atom. The summed E-state index contributed by atoms with van der Waals surface area (Å²) in [6.07, 6.45) is 0. The summed E-state index contributed by atoms with van der Waals surface area (Å²) in [6, 6.07) is 20.3. The highest BCUT2D eigenvalue weighted by atomic mass is 35.5. The van der Waals surface area contributed by atoms with Crippen LogP contribution in [0.4, 0.5) is 5.69 Å². The summed E-state index contributed by atoms with van der Waals surface area (Å²) in [5.74, 6) is -0.426. The Bertz CT molecular complexity index is 1300. The molecule has 0 saturated carbocycles. The fourth-order valence-electron chi connectivity index (χ4n) is 3.62. The number of rotatable bonds is 10. The Balaban J connectivity index is 2.00. The van der Waals surface area contributed by atoms with Gasteiger partial charge in [-0.15, -0.1) is 0 Å². The van der Waals surface area contributed by atoms with Crippen LogP contribution in [0.5, 0.6) is 5.75 Å². The number of sulfonamides is 1. The normalized spacial score (nSPS) is 11.9. The number of carbonyl (C=O) groups excluding carboxylic acids is 2. The summed E-state index contributed by atoms with van der Waals surface area (Å²) in [5, 5.41) is 3.03. The Morgan fingerprint density at radius 3 is 2.25 bits per heavy atom. The van der Waals surface area contributed by atoms with Crippen LogP contribution in [-0.2, 0) is 26.2 Å². The molecule has 8 nitrogen and oxygen atoms in total. The second kappa shape index (κ2) is 11.9. The number of amides is 2. The number of hydrogen-bond donors (Lipinski definition) is 1. The van der Waals surface area contributed by atoms with Gasteiger partial charge in [0.25, 0.3) is 10.0 Å². The second-order valence-electron chi connectivity index (χ2n) is 7.96. The van der Waals surface area contributed by atoms with E-state index in [1.165, 1.54) is 43.3 Å². The van der Waals surface area contributed by atoms with Gasteiger partial charge in [-0.1, -0.05) is 41.9 Å². The number of benzene rings is 3. The zero-order valence-electron chi connectivity index (χ0n) is 20.2. The summed E-state index contributed by atoms with van der Waals surface area (Å²) in [4.78, 5) is 27.5. The van der Waals surface area contributed by atoms with E-state index < -0.39 is 28.5 Å². The van der Waals surface area contributed by atoms with Gasteiger partial charge in [-0.3, -0.25) is 13.9 Å². The van der Waals surface area contributed by atoms with E-state index in [0.29, 0.717) is 22.0 Å². The Kier molecular flexibility index (Phi) is 8.95. The van der Waals surface area contributed by atoms with Gasteiger partial charge in [0.1, 0.15) is 18.3 Å². The number of carbonyl (C=O) groups is 2. The standard InChI is InChI=1S/C26H28ClN3O5S/c1-19(26(32)28-2)29(17-20-8-7-9-21(27)16-20)25(31)18-30(22-10-5-4-6-11-22)36(33,34)24-14-12-23(35-3)13-15-24/h4-16,19H,17-18H2,1-3H3,(H,28,32)/t19-/m0/s1. The van der Waals surface area contributed by atoms with Gasteiger partial charge in [-0.05, 0) is 61.0 Å². The fraction of sp³-hybridized carbons (Fsp3) is 0.231. The zero-order valence-corrected chi connectivity index (χ0v) is 21.8. The van der Waals surface area contributed by atoms with Gasteiger partial charge in [0, 0.05) is 18.6 Å². The smallest absolute Gasteiger partial charge is 0.264 e. The van der Waals surface area contributed by atoms with E-state index in [1.54, 1.807) is 61.5 Å². The molecule has 0 unspecified atom stereocenters. The zero-order chi connectivity index (χ0) is 26.3. The quantitative estimate of drug-likeness (QED) is 0.432. The van der Waals surface area contributed by atoms with Gasteiger partial charge in [0.2, 0.25) is 11.8 Å². The number of methoxy groups -OCH3 is 1. The van der Waals surface area contributed by atoms with Crippen LogP contribution in [0.2, 0.25) is 5.02 Å². The van der Waals surface area contributed by atoms with Gasteiger partial charge in [0.15, 0.2) is 0 Å². The highest BCUT2D eigenvalue weighted by Gasteiger charge is 2.32. The molecule has 0 radical (unpaired) electrons. The van der Waals surface area contributed by atoms with Crippen LogP contribution in [0.1, 0.15) is 12.5 Å². The van der Waals surface area contributed by atoms with Gasteiger partial charge in [-0.25, -0.2) is 8.42 Å². The molecule has 0 fully saturated rings. The molecule has 2 amide bonds. The van der Waals surface area contributed by atoms with Crippen LogP contribution in [-0.4, -0.2) is 51.9 Å². The highest BCUT2D eigenvalue weighted by molar-refractivity contribution is 7.92. The van der Waals surface area contributed by atoms with Crippen molar-refractivity contribution in [2.24, 2.45) is 0 Å². The third-order valence-electron chi connectivity index (χ3n) is 5.63. The van der Waals surface area contributed by atoms with E-state index in [4.69, 9.17) is 16.3 Å². The predicted molar refractivity (Wildman–Crippen MR) is 139 cm³/mol. The first kappa shape index (κ1) is 27.0. The lowest BCUT2D eigenvalue weighted by Crippen LogP contribution is -2.50. The fourth-order valence-corrected chi connectivity index (χ4v) is 5.25. The van der Waals surface area contributed by atoms with Crippen molar-refractivity contribution in [3.8, 4) is 5.75 Å². The molecular weight excluding hydrogens is 502 g/mol. The predicted octanol–water partition coefficient (Wildman–Crippen LogP) is 3.71. The maximum atomic E-state index is 13.7. The number of nitrogens with one attached hydrogen (secondary N) is 1. The molecule has 3 aromatic rings. The molecule has 0 heterocycles. The van der Waals surface area contributed by atoms with Crippen molar-refractivity contribution < 1.29 is 22.7 Å². The molecule has 1 N–H and O–H groups in total. The molecule has 0 saturated heterocycles. The van der Waals surface area contributed by atoms with Crippen LogP contribution in [0.15, 0.2) is 83.8 Å². The molecule has 10 heteroatoms. The van der Waals surface area contributed by atoms with Crippen molar-refractivity contribution in [3.05, 3.63) is 89.4 Å². The molecule has 3 aromatic carbocycles. The molecule has 1 atom stereocenters. The molecule has 0 aromatic heterocycles. The molecule has 0 bridgehead atoms. The van der Waals surface area contributed by atoms with Crippen LogP contribution in [0.25, 0.3) is 0 Å². The van der Waals surface area contributed by atoms with E-state index in [9.17, 15) is 18.0 Å². The maximum Gasteiger partial charge on any atom is 0.264 e. The van der Waals surface area contributed by atoms with Crippen LogP contribution in [0, 0.1) is 0 Å². The van der Waals surface area contributed by atoms with Crippen LogP contribution < -0.4 is 14.4 Å². The van der Waals surface area contributed by atoms with Crippen molar-refractivity contribution in [2.45, 2.75) is 24.4 Å². The van der Waals surface area contributed by atoms with E-state index in [1.807, 2.05) is 0 Å². The van der Waals surface area contributed by atoms with Crippen molar-refractivity contribution in [2.75, 3.05) is 25.0 Å². The van der Waals surface area contributed by atoms with Gasteiger partial charge < -0.3 is 15.0 Å². The minimum atomic E-state index is -4.13. The first-order valence-corrected chi connectivity index (χ1v) is 13.0. The van der Waals surface area contributed by atoms with Crippen molar-refractivity contribution in [1.29, 1.82) is 0 Å². The number of halogens is 1. The molecule has 36 heavy (non-hydrogen) atoms. The number of hydrogen-bond acceptors (Lipinski definition) is 5. The van der Waals surface area contributed by atoms with Crippen molar-refractivity contribution in [3.63, 3.8) is 0 Å². The number of para-hydroxylation sites is 1. The summed E-state index contributed by atoms with van der Waals surface area (Å²) in [7, 11) is -1.17. The van der Waals surface area contributed by atoms with E-state index in [2.05, 4.69) is 5.32 Å². The number of anilines is 1. The Hall–Kier alpha value is -3.56. The molecule has 0 spiro atoms. The van der Waals surface area contributed by atoms with Gasteiger partial charge >= 0.3 is 0 Å². The van der Waals surface area contributed by atoms with E-state index in [0.717, 1.165) is 4.31 Å². The maximum absolute atomic E-state index is 13.7. The topological polar surface area (TPSA) is 96.0 Å². The summed E-state index contributed by atoms with van der Waals surface area (Å²) >= 11 is 6.11. The minimum Gasteiger partial charge on any atom is -0.497 e. The summed E-state index contributed by atoms with van der Waals surface area (Å²) in [5.41, 5.74) is 1.02. The van der Waals surface area contributed by atoms with Crippen molar-refractivity contribution in [1.82, 2.24) is 10.2 Å². The third-order valence-corrected chi connectivity index (χ3v) is 7.65. The minimum absolute atomic E-state index is 0.000643. The molecular formula is C26H28ClN3O5S. The van der Waals surface area contributed by atoms with Crippen molar-refractivity contribution >= 4 is 39.1 Å².